The molecule has 1 rings (SSSR count). The Morgan fingerprint density at radius 3 is 2.22 bits per heavy atom. The Bertz CT molecular complexity index is 745. The van der Waals surface area contributed by atoms with Crippen LogP contribution in [-0.4, -0.2) is 84.0 Å². The van der Waals surface area contributed by atoms with E-state index in [1.54, 1.807) is 0 Å². The summed E-state index contributed by atoms with van der Waals surface area (Å²) in [5, 5.41) is 7.54. The van der Waals surface area contributed by atoms with Crippen LogP contribution in [0, 0.1) is 0 Å². The molecular formula is C20H31ClN4O7. The van der Waals surface area contributed by atoms with Gasteiger partial charge in [0.05, 0.1) is 25.5 Å². The fraction of sp³-hybridized carbons (Fsp3) is 0.700. The Labute approximate surface area is 191 Å². The Morgan fingerprint density at radius 1 is 0.969 bits per heavy atom. The molecule has 0 aliphatic carbocycles. The second-order valence-electron chi connectivity index (χ2n) is 7.62. The number of ketones is 1. The molecule has 180 valence electrons. The Balaban J connectivity index is 2.61. The number of likely N-dealkylation sites (tertiary alicyclic amines) is 1. The molecule has 0 aromatic carbocycles. The highest BCUT2D eigenvalue weighted by atomic mass is 35.5. The van der Waals surface area contributed by atoms with Crippen LogP contribution in [0.15, 0.2) is 0 Å². The summed E-state index contributed by atoms with van der Waals surface area (Å²) in [6.07, 6.45) is 0.800. The topological polar surface area (TPSA) is 151 Å². The van der Waals surface area contributed by atoms with Gasteiger partial charge in [0.15, 0.2) is 5.78 Å². The molecule has 32 heavy (non-hydrogen) atoms. The molecule has 1 aliphatic heterocycles. The van der Waals surface area contributed by atoms with E-state index in [9.17, 15) is 28.8 Å². The first-order valence-electron chi connectivity index (χ1n) is 10.4. The van der Waals surface area contributed by atoms with Gasteiger partial charge >= 0.3 is 5.97 Å². The van der Waals surface area contributed by atoms with Crippen molar-refractivity contribution in [2.75, 3.05) is 19.5 Å². The van der Waals surface area contributed by atoms with Crippen LogP contribution in [0.5, 0.6) is 0 Å². The molecule has 0 saturated carbocycles. The number of methoxy groups -OCH3 is 1. The van der Waals surface area contributed by atoms with E-state index in [0.29, 0.717) is 19.4 Å². The summed E-state index contributed by atoms with van der Waals surface area (Å²) < 4.78 is 4.45. The van der Waals surface area contributed by atoms with Crippen molar-refractivity contribution in [3.05, 3.63) is 0 Å². The molecule has 1 heterocycles. The summed E-state index contributed by atoms with van der Waals surface area (Å²) in [6.45, 7) is 4.80. The van der Waals surface area contributed by atoms with Gasteiger partial charge in [-0.15, -0.1) is 11.6 Å². The van der Waals surface area contributed by atoms with E-state index < -0.39 is 53.8 Å². The third kappa shape index (κ3) is 8.10. The first kappa shape index (κ1) is 27.3. The minimum absolute atomic E-state index is 0.112. The Hall–Kier alpha value is -2.69. The average Bonchev–Trinajstić information content (AvgIpc) is 3.25. The molecule has 0 bridgehead atoms. The monoisotopic (exact) mass is 474 g/mol. The summed E-state index contributed by atoms with van der Waals surface area (Å²) >= 11 is 5.50. The van der Waals surface area contributed by atoms with Gasteiger partial charge < -0.3 is 25.6 Å². The maximum Gasteiger partial charge on any atom is 0.306 e. The zero-order valence-corrected chi connectivity index (χ0v) is 19.5. The van der Waals surface area contributed by atoms with Crippen molar-refractivity contribution in [3.8, 4) is 0 Å². The van der Waals surface area contributed by atoms with Gasteiger partial charge in [-0.25, -0.2) is 0 Å². The van der Waals surface area contributed by atoms with E-state index in [1.807, 2.05) is 0 Å². The lowest BCUT2D eigenvalue weighted by Crippen LogP contribution is -2.56. The van der Waals surface area contributed by atoms with E-state index in [0.717, 1.165) is 0 Å². The van der Waals surface area contributed by atoms with Crippen molar-refractivity contribution in [2.24, 2.45) is 0 Å². The number of halogens is 1. The van der Waals surface area contributed by atoms with Gasteiger partial charge in [-0.1, -0.05) is 0 Å². The smallest absolute Gasteiger partial charge is 0.306 e. The number of ether oxygens (including phenoxy) is 1. The van der Waals surface area contributed by atoms with Crippen LogP contribution in [0.25, 0.3) is 0 Å². The molecule has 3 N–H and O–H groups in total. The zero-order chi connectivity index (χ0) is 24.4. The van der Waals surface area contributed by atoms with Crippen molar-refractivity contribution in [1.82, 2.24) is 20.9 Å². The second-order valence-corrected chi connectivity index (χ2v) is 7.88. The lowest BCUT2D eigenvalue weighted by molar-refractivity contribution is -0.142. The normalized spacial score (nSPS) is 18.2. The summed E-state index contributed by atoms with van der Waals surface area (Å²) in [5.74, 6) is -3.09. The van der Waals surface area contributed by atoms with Crippen molar-refractivity contribution in [1.29, 1.82) is 0 Å². The number of rotatable bonds is 11. The number of alkyl halides is 1. The van der Waals surface area contributed by atoms with Gasteiger partial charge in [0.1, 0.15) is 18.1 Å². The SMILES string of the molecule is COC(=O)CCC(=O)N[C@H](C)C(=O)N[C@H](C)C(=O)N1CCC[C@@H]1C(=O)N[C@H](C)C(=O)CCl. The zero-order valence-electron chi connectivity index (χ0n) is 18.7. The maximum absolute atomic E-state index is 12.8. The predicted molar refractivity (Wildman–Crippen MR) is 115 cm³/mol. The highest BCUT2D eigenvalue weighted by molar-refractivity contribution is 6.28. The number of Topliss-reactive ketones (excluding diaryl/α,β-unsaturated/α-hetero) is 1. The van der Waals surface area contributed by atoms with Gasteiger partial charge in [-0.3, -0.25) is 28.8 Å². The number of nitrogens with zero attached hydrogens (tertiary/aromatic N) is 1. The van der Waals surface area contributed by atoms with Crippen molar-refractivity contribution in [2.45, 2.75) is 70.6 Å². The second kappa shape index (κ2) is 13.0. The largest absolute Gasteiger partial charge is 0.469 e. The number of carbonyl (C=O) groups excluding carboxylic acids is 6. The number of hydrogen-bond donors (Lipinski definition) is 3. The molecule has 11 nitrogen and oxygen atoms in total. The van der Waals surface area contributed by atoms with Crippen LogP contribution in [0.2, 0.25) is 0 Å². The summed E-state index contributed by atoms with van der Waals surface area (Å²) in [6, 6.07) is -3.39. The van der Waals surface area contributed by atoms with Gasteiger partial charge in [-0.05, 0) is 33.6 Å². The fourth-order valence-corrected chi connectivity index (χ4v) is 3.39. The Kier molecular flexibility index (Phi) is 11.1. The third-order valence-corrected chi connectivity index (χ3v) is 5.36. The third-order valence-electron chi connectivity index (χ3n) is 5.10. The van der Waals surface area contributed by atoms with Crippen LogP contribution in [0.1, 0.15) is 46.5 Å². The molecule has 0 aromatic rings. The fourth-order valence-electron chi connectivity index (χ4n) is 3.15. The first-order chi connectivity index (χ1) is 15.0. The molecular weight excluding hydrogens is 444 g/mol. The maximum atomic E-state index is 12.8. The van der Waals surface area contributed by atoms with E-state index in [1.165, 1.54) is 32.8 Å². The molecule has 1 saturated heterocycles. The van der Waals surface area contributed by atoms with Crippen LogP contribution < -0.4 is 16.0 Å². The summed E-state index contributed by atoms with van der Waals surface area (Å²) in [4.78, 5) is 73.6. The lowest BCUT2D eigenvalue weighted by Gasteiger charge is -2.28. The van der Waals surface area contributed by atoms with Crippen LogP contribution in [0.4, 0.5) is 0 Å². The number of hydrogen-bond acceptors (Lipinski definition) is 7. The van der Waals surface area contributed by atoms with Crippen molar-refractivity contribution >= 4 is 47.0 Å². The highest BCUT2D eigenvalue weighted by Crippen LogP contribution is 2.19. The van der Waals surface area contributed by atoms with Crippen molar-refractivity contribution < 1.29 is 33.5 Å². The van der Waals surface area contributed by atoms with Crippen LogP contribution >= 0.6 is 11.6 Å². The van der Waals surface area contributed by atoms with E-state index in [2.05, 4.69) is 20.7 Å². The molecule has 1 aliphatic rings. The first-order valence-corrected chi connectivity index (χ1v) is 10.9. The number of carbonyl (C=O) groups is 6. The average molecular weight is 475 g/mol. The standard InChI is InChI=1S/C20H31ClN4O7/c1-11(15(26)10-21)23-19(30)14-6-5-9-25(14)20(31)13(3)24-18(29)12(2)22-16(27)7-8-17(28)32-4/h11-14H,5-10H2,1-4H3,(H,22,27)(H,23,30)(H,24,29)/t11-,12-,13-,14-/m1/s1. The minimum atomic E-state index is -0.938. The molecule has 0 aromatic heterocycles. The highest BCUT2D eigenvalue weighted by Gasteiger charge is 2.37. The van der Waals surface area contributed by atoms with E-state index in [-0.39, 0.29) is 24.5 Å². The van der Waals surface area contributed by atoms with Crippen LogP contribution in [0.3, 0.4) is 0 Å². The van der Waals surface area contributed by atoms with Gasteiger partial charge in [-0.2, -0.15) is 0 Å². The molecule has 12 heteroatoms. The summed E-state index contributed by atoms with van der Waals surface area (Å²) in [7, 11) is 1.21. The summed E-state index contributed by atoms with van der Waals surface area (Å²) in [5.41, 5.74) is 0. The Morgan fingerprint density at radius 2 is 1.62 bits per heavy atom. The van der Waals surface area contributed by atoms with Crippen molar-refractivity contribution in [3.63, 3.8) is 0 Å². The van der Waals surface area contributed by atoms with Gasteiger partial charge in [0.2, 0.25) is 23.6 Å². The van der Waals surface area contributed by atoms with E-state index in [4.69, 9.17) is 11.6 Å². The number of nitrogens with one attached hydrogen (secondary N) is 3. The molecule has 0 spiro atoms. The quantitative estimate of drug-likeness (QED) is 0.263. The molecule has 4 atom stereocenters. The minimum Gasteiger partial charge on any atom is -0.469 e. The van der Waals surface area contributed by atoms with E-state index >= 15 is 0 Å². The lowest BCUT2D eigenvalue weighted by atomic mass is 10.1. The molecule has 1 fully saturated rings. The predicted octanol–water partition coefficient (Wildman–Crippen LogP) is -0.747. The molecule has 0 radical (unpaired) electrons. The molecule has 4 amide bonds. The van der Waals surface area contributed by atoms with Gasteiger partial charge in [0, 0.05) is 13.0 Å². The number of amides is 4. The van der Waals surface area contributed by atoms with Crippen LogP contribution in [-0.2, 0) is 33.5 Å². The van der Waals surface area contributed by atoms with Gasteiger partial charge in [0.25, 0.3) is 0 Å². The number of esters is 1. The molecule has 0 unspecified atom stereocenters.